The summed E-state index contributed by atoms with van der Waals surface area (Å²) in [6.45, 7) is 0. The van der Waals surface area contributed by atoms with Crippen LogP contribution in [0.25, 0.3) is 17.4 Å². The fraction of sp³-hybridized carbons (Fsp3) is 0.0714. The van der Waals surface area contributed by atoms with Crippen LogP contribution in [-0.2, 0) is 4.79 Å². The van der Waals surface area contributed by atoms with E-state index in [4.69, 9.17) is 20.8 Å². The predicted molar refractivity (Wildman–Crippen MR) is 78.3 cm³/mol. The van der Waals surface area contributed by atoms with Crippen LogP contribution in [-0.4, -0.2) is 12.4 Å². The van der Waals surface area contributed by atoms with Gasteiger partial charge in [-0.05, 0) is 63.9 Å². The van der Waals surface area contributed by atoms with E-state index < -0.39 is 5.24 Å². The minimum atomic E-state index is -0.538. The Kier molecular flexibility index (Phi) is 4.45. The largest absolute Gasteiger partial charge is 0.497 e. The first-order chi connectivity index (χ1) is 9.10. The lowest BCUT2D eigenvalue weighted by Gasteiger charge is -2.04. The minimum absolute atomic E-state index is 0.538. The number of ether oxygens (including phenoxy) is 1. The van der Waals surface area contributed by atoms with E-state index in [1.807, 2.05) is 24.3 Å². The standard InChI is InChI=1S/C14H10BrClO3/c1-18-10-2-5-11(12(15)8-10)13-6-3-9(19-13)4-7-14(16)17/h2-8H,1H3/b7-4+. The highest BCUT2D eigenvalue weighted by Crippen LogP contribution is 2.32. The molecule has 0 saturated carbocycles. The van der Waals surface area contributed by atoms with Crippen LogP contribution in [0.2, 0.25) is 0 Å². The number of carbonyl (C=O) groups excluding carboxylic acids is 1. The van der Waals surface area contributed by atoms with Gasteiger partial charge in [0.2, 0.25) is 5.24 Å². The lowest BCUT2D eigenvalue weighted by Crippen LogP contribution is -1.83. The molecular formula is C14H10BrClO3. The summed E-state index contributed by atoms with van der Waals surface area (Å²) in [7, 11) is 1.61. The molecule has 0 atom stereocenters. The zero-order valence-electron chi connectivity index (χ0n) is 10.0. The first-order valence-corrected chi connectivity index (χ1v) is 6.58. The minimum Gasteiger partial charge on any atom is -0.497 e. The van der Waals surface area contributed by atoms with E-state index in [2.05, 4.69) is 15.9 Å². The molecule has 19 heavy (non-hydrogen) atoms. The topological polar surface area (TPSA) is 39.4 Å². The Morgan fingerprint density at radius 1 is 1.37 bits per heavy atom. The number of halogens is 2. The third-order valence-corrected chi connectivity index (χ3v) is 3.23. The molecule has 0 aliphatic heterocycles. The van der Waals surface area contributed by atoms with Gasteiger partial charge in [0.1, 0.15) is 17.3 Å². The molecule has 0 amide bonds. The normalized spacial score (nSPS) is 10.9. The van der Waals surface area contributed by atoms with Crippen molar-refractivity contribution >= 4 is 38.8 Å². The van der Waals surface area contributed by atoms with Crippen molar-refractivity contribution < 1.29 is 13.9 Å². The molecule has 3 nitrogen and oxygen atoms in total. The third-order valence-electron chi connectivity index (χ3n) is 2.45. The molecule has 0 N–H and O–H groups in total. The van der Waals surface area contributed by atoms with Crippen LogP contribution in [0.4, 0.5) is 0 Å². The van der Waals surface area contributed by atoms with Crippen LogP contribution in [0.5, 0.6) is 5.75 Å². The van der Waals surface area contributed by atoms with Gasteiger partial charge in [-0.25, -0.2) is 0 Å². The van der Waals surface area contributed by atoms with Gasteiger partial charge < -0.3 is 9.15 Å². The Morgan fingerprint density at radius 3 is 2.79 bits per heavy atom. The van der Waals surface area contributed by atoms with Gasteiger partial charge in [0.15, 0.2) is 0 Å². The van der Waals surface area contributed by atoms with Crippen LogP contribution in [0, 0.1) is 0 Å². The van der Waals surface area contributed by atoms with Crippen molar-refractivity contribution in [2.45, 2.75) is 0 Å². The molecule has 0 radical (unpaired) electrons. The lowest BCUT2D eigenvalue weighted by atomic mass is 10.2. The van der Waals surface area contributed by atoms with Gasteiger partial charge >= 0.3 is 0 Å². The second-order valence-corrected chi connectivity index (χ2v) is 4.91. The van der Waals surface area contributed by atoms with E-state index in [9.17, 15) is 4.79 Å². The van der Waals surface area contributed by atoms with Crippen LogP contribution in [0.15, 0.2) is 45.3 Å². The Morgan fingerprint density at radius 2 is 2.16 bits per heavy atom. The van der Waals surface area contributed by atoms with Crippen LogP contribution >= 0.6 is 27.5 Å². The lowest BCUT2D eigenvalue weighted by molar-refractivity contribution is -0.107. The van der Waals surface area contributed by atoms with Crippen molar-refractivity contribution in [1.29, 1.82) is 0 Å². The molecule has 0 spiro atoms. The Hall–Kier alpha value is -1.52. The maximum absolute atomic E-state index is 10.6. The Bertz CT molecular complexity index is 631. The summed E-state index contributed by atoms with van der Waals surface area (Å²) in [4.78, 5) is 10.6. The highest BCUT2D eigenvalue weighted by atomic mass is 79.9. The van der Waals surface area contributed by atoms with Crippen molar-refractivity contribution in [3.05, 3.63) is 46.6 Å². The number of carbonyl (C=O) groups is 1. The van der Waals surface area contributed by atoms with E-state index in [0.29, 0.717) is 11.5 Å². The molecule has 0 saturated heterocycles. The molecule has 0 aliphatic carbocycles. The fourth-order valence-corrected chi connectivity index (χ4v) is 2.17. The second kappa shape index (κ2) is 6.08. The Labute approximate surface area is 123 Å². The van der Waals surface area contributed by atoms with Gasteiger partial charge in [0.05, 0.1) is 7.11 Å². The molecule has 2 rings (SSSR count). The maximum Gasteiger partial charge on any atom is 0.245 e. The molecule has 0 aliphatic rings. The molecule has 98 valence electrons. The van der Waals surface area contributed by atoms with E-state index in [0.717, 1.165) is 15.8 Å². The first-order valence-electron chi connectivity index (χ1n) is 5.41. The van der Waals surface area contributed by atoms with Crippen molar-refractivity contribution in [2.75, 3.05) is 7.11 Å². The zero-order valence-corrected chi connectivity index (χ0v) is 12.4. The summed E-state index contributed by atoms with van der Waals surface area (Å²) in [6, 6.07) is 9.19. The molecule has 1 aromatic heterocycles. The molecule has 2 aromatic rings. The van der Waals surface area contributed by atoms with Crippen molar-refractivity contribution in [1.82, 2.24) is 0 Å². The molecular weight excluding hydrogens is 332 g/mol. The van der Waals surface area contributed by atoms with E-state index in [1.54, 1.807) is 13.2 Å². The molecule has 1 heterocycles. The van der Waals surface area contributed by atoms with Gasteiger partial charge in [-0.3, -0.25) is 4.79 Å². The highest BCUT2D eigenvalue weighted by molar-refractivity contribution is 9.10. The number of methoxy groups -OCH3 is 1. The summed E-state index contributed by atoms with van der Waals surface area (Å²) in [5.74, 6) is 2.01. The predicted octanol–water partition coefficient (Wildman–Crippen LogP) is 4.50. The average Bonchev–Trinajstić information content (AvgIpc) is 2.84. The fourth-order valence-electron chi connectivity index (χ4n) is 1.56. The van der Waals surface area contributed by atoms with Gasteiger partial charge in [-0.15, -0.1) is 0 Å². The molecule has 0 fully saturated rings. The second-order valence-electron chi connectivity index (χ2n) is 3.69. The number of furan rings is 1. The first kappa shape index (κ1) is 13.9. The van der Waals surface area contributed by atoms with Gasteiger partial charge in [-0.1, -0.05) is 0 Å². The summed E-state index contributed by atoms with van der Waals surface area (Å²) in [5, 5.41) is -0.538. The number of rotatable bonds is 4. The smallest absolute Gasteiger partial charge is 0.245 e. The summed E-state index contributed by atoms with van der Waals surface area (Å²) >= 11 is 8.68. The maximum atomic E-state index is 10.6. The van der Waals surface area contributed by atoms with Gasteiger partial charge in [-0.2, -0.15) is 0 Å². The summed E-state index contributed by atoms with van der Waals surface area (Å²) in [6.07, 6.45) is 2.77. The van der Waals surface area contributed by atoms with Crippen molar-refractivity contribution in [2.24, 2.45) is 0 Å². The van der Waals surface area contributed by atoms with E-state index in [1.165, 1.54) is 12.2 Å². The van der Waals surface area contributed by atoms with Gasteiger partial charge in [0.25, 0.3) is 0 Å². The van der Waals surface area contributed by atoms with Gasteiger partial charge in [0, 0.05) is 16.1 Å². The molecule has 5 heteroatoms. The highest BCUT2D eigenvalue weighted by Gasteiger charge is 2.08. The van der Waals surface area contributed by atoms with E-state index >= 15 is 0 Å². The monoisotopic (exact) mass is 340 g/mol. The molecule has 1 aromatic carbocycles. The zero-order chi connectivity index (χ0) is 13.8. The molecule has 0 unspecified atom stereocenters. The number of allylic oxidation sites excluding steroid dienone is 1. The number of hydrogen-bond acceptors (Lipinski definition) is 3. The van der Waals surface area contributed by atoms with Crippen LogP contribution in [0.1, 0.15) is 5.76 Å². The third kappa shape index (κ3) is 3.49. The molecule has 0 bridgehead atoms. The van der Waals surface area contributed by atoms with Crippen LogP contribution in [0.3, 0.4) is 0 Å². The Balaban J connectivity index is 2.30. The SMILES string of the molecule is COc1ccc(-c2ccc(/C=C/C(=O)Cl)o2)c(Br)c1. The van der Waals surface area contributed by atoms with Crippen LogP contribution < -0.4 is 4.74 Å². The van der Waals surface area contributed by atoms with Crippen molar-refractivity contribution in [3.8, 4) is 17.1 Å². The summed E-state index contributed by atoms with van der Waals surface area (Å²) < 4.78 is 11.6. The van der Waals surface area contributed by atoms with Crippen molar-refractivity contribution in [3.63, 3.8) is 0 Å². The van der Waals surface area contributed by atoms with E-state index in [-0.39, 0.29) is 0 Å². The number of benzene rings is 1. The quantitative estimate of drug-likeness (QED) is 0.607. The average molecular weight is 342 g/mol. The number of hydrogen-bond donors (Lipinski definition) is 0. The summed E-state index contributed by atoms with van der Waals surface area (Å²) in [5.41, 5.74) is 0.901.